The van der Waals surface area contributed by atoms with Crippen molar-refractivity contribution in [2.75, 3.05) is 27.2 Å². The number of aliphatic imine (C=N–C) groups is 1. The van der Waals surface area contributed by atoms with Crippen LogP contribution in [0.3, 0.4) is 0 Å². The van der Waals surface area contributed by atoms with Crippen molar-refractivity contribution in [2.45, 2.75) is 46.0 Å². The third-order valence-corrected chi connectivity index (χ3v) is 4.64. The molecule has 138 valence electrons. The van der Waals surface area contributed by atoms with Crippen molar-refractivity contribution in [1.29, 1.82) is 0 Å². The van der Waals surface area contributed by atoms with Crippen molar-refractivity contribution in [3.05, 3.63) is 15.6 Å². The number of guanidine groups is 1. The summed E-state index contributed by atoms with van der Waals surface area (Å²) in [7, 11) is 3.19. The van der Waals surface area contributed by atoms with Gasteiger partial charge < -0.3 is 15.4 Å². The van der Waals surface area contributed by atoms with E-state index >= 15 is 0 Å². The number of carbonyl (C=O) groups is 1. The number of aryl methyl sites for hydroxylation is 2. The number of hydrogen-bond acceptors (Lipinski definition) is 5. The second-order valence-corrected chi connectivity index (χ2v) is 6.60. The molecule has 0 aliphatic rings. The van der Waals surface area contributed by atoms with Gasteiger partial charge in [0.25, 0.3) is 0 Å². The summed E-state index contributed by atoms with van der Waals surface area (Å²) in [5.41, 5.74) is 1.12. The number of ether oxygens (including phenoxy) is 1. The van der Waals surface area contributed by atoms with Crippen LogP contribution in [-0.4, -0.2) is 44.2 Å². The monoisotopic (exact) mass is 468 g/mol. The van der Waals surface area contributed by atoms with Gasteiger partial charge in [0.15, 0.2) is 5.96 Å². The van der Waals surface area contributed by atoms with E-state index < -0.39 is 0 Å². The van der Waals surface area contributed by atoms with E-state index in [2.05, 4.69) is 32.3 Å². The van der Waals surface area contributed by atoms with E-state index in [4.69, 9.17) is 0 Å². The molecule has 0 radical (unpaired) electrons. The maximum Gasteiger partial charge on any atom is 0.305 e. The molecule has 0 atom stereocenters. The fraction of sp³-hybridized carbons (Fsp3) is 0.688. The molecule has 0 bridgehead atoms. The van der Waals surface area contributed by atoms with Crippen LogP contribution in [0.1, 0.15) is 41.3 Å². The predicted molar refractivity (Wildman–Crippen MR) is 111 cm³/mol. The standard InChI is InChI=1S/C16H28N4O2S.HI/c1-12-13(2)23-14(20-12)9-11-19-16(17-3)18-10-7-5-6-8-15(21)22-4;/h5-11H2,1-4H3,(H2,17,18,19);1H. The summed E-state index contributed by atoms with van der Waals surface area (Å²) in [5, 5.41) is 7.73. The van der Waals surface area contributed by atoms with Gasteiger partial charge in [0, 0.05) is 37.9 Å². The molecule has 0 saturated heterocycles. The minimum Gasteiger partial charge on any atom is -0.469 e. The van der Waals surface area contributed by atoms with Crippen LogP contribution in [0.25, 0.3) is 0 Å². The van der Waals surface area contributed by atoms with Crippen molar-refractivity contribution >= 4 is 47.2 Å². The van der Waals surface area contributed by atoms with Gasteiger partial charge in [-0.05, 0) is 26.7 Å². The molecule has 1 heterocycles. The van der Waals surface area contributed by atoms with Gasteiger partial charge in [-0.2, -0.15) is 0 Å². The Morgan fingerprint density at radius 3 is 2.50 bits per heavy atom. The van der Waals surface area contributed by atoms with E-state index in [9.17, 15) is 4.79 Å². The molecule has 0 amide bonds. The van der Waals surface area contributed by atoms with Crippen LogP contribution < -0.4 is 10.6 Å². The first-order chi connectivity index (χ1) is 11.1. The van der Waals surface area contributed by atoms with Gasteiger partial charge in [-0.3, -0.25) is 9.79 Å². The lowest BCUT2D eigenvalue weighted by atomic mass is 10.2. The number of aromatic nitrogens is 1. The molecule has 1 aromatic rings. The third kappa shape index (κ3) is 9.41. The summed E-state index contributed by atoms with van der Waals surface area (Å²) in [5.74, 6) is 0.672. The highest BCUT2D eigenvalue weighted by Crippen LogP contribution is 2.16. The third-order valence-electron chi connectivity index (χ3n) is 3.51. The molecule has 0 unspecified atom stereocenters. The topological polar surface area (TPSA) is 75.6 Å². The van der Waals surface area contributed by atoms with E-state index in [1.165, 1.54) is 12.0 Å². The Morgan fingerprint density at radius 1 is 1.21 bits per heavy atom. The summed E-state index contributed by atoms with van der Waals surface area (Å²) in [6.45, 7) is 5.80. The van der Waals surface area contributed by atoms with Crippen molar-refractivity contribution in [2.24, 2.45) is 4.99 Å². The second-order valence-electron chi connectivity index (χ2n) is 5.31. The highest BCUT2D eigenvalue weighted by molar-refractivity contribution is 14.0. The first-order valence-corrected chi connectivity index (χ1v) is 8.82. The Balaban J connectivity index is 0.00000529. The predicted octanol–water partition coefficient (Wildman–Crippen LogP) is 2.82. The summed E-state index contributed by atoms with van der Waals surface area (Å²) in [4.78, 5) is 21.0. The first-order valence-electron chi connectivity index (χ1n) is 8.01. The lowest BCUT2D eigenvalue weighted by Crippen LogP contribution is -2.38. The number of methoxy groups -OCH3 is 1. The number of nitrogens with one attached hydrogen (secondary N) is 2. The van der Waals surface area contributed by atoms with Gasteiger partial charge in [0.1, 0.15) is 0 Å². The van der Waals surface area contributed by atoms with Crippen LogP contribution in [-0.2, 0) is 16.0 Å². The van der Waals surface area contributed by atoms with Crippen LogP contribution >= 0.6 is 35.3 Å². The normalized spacial score (nSPS) is 10.9. The Labute approximate surface area is 165 Å². The highest BCUT2D eigenvalue weighted by atomic mass is 127. The number of halogens is 1. The Hall–Kier alpha value is -0.900. The summed E-state index contributed by atoms with van der Waals surface area (Å²) < 4.78 is 4.61. The zero-order valence-corrected chi connectivity index (χ0v) is 18.1. The molecule has 2 N–H and O–H groups in total. The molecule has 6 nitrogen and oxygen atoms in total. The zero-order valence-electron chi connectivity index (χ0n) is 15.0. The number of nitrogens with zero attached hydrogens (tertiary/aromatic N) is 2. The van der Waals surface area contributed by atoms with Gasteiger partial charge in [-0.1, -0.05) is 6.42 Å². The Kier molecular flexibility index (Phi) is 12.9. The lowest BCUT2D eigenvalue weighted by molar-refractivity contribution is -0.140. The van der Waals surface area contributed by atoms with Crippen LogP contribution in [0, 0.1) is 13.8 Å². The molecule has 24 heavy (non-hydrogen) atoms. The van der Waals surface area contributed by atoms with Crippen molar-refractivity contribution in [3.63, 3.8) is 0 Å². The maximum absolute atomic E-state index is 11.0. The Morgan fingerprint density at radius 2 is 1.92 bits per heavy atom. The minimum atomic E-state index is -0.136. The molecule has 0 spiro atoms. The number of rotatable bonds is 9. The number of hydrogen-bond donors (Lipinski definition) is 2. The van der Waals surface area contributed by atoms with Crippen LogP contribution in [0.2, 0.25) is 0 Å². The maximum atomic E-state index is 11.0. The van der Waals surface area contributed by atoms with Crippen molar-refractivity contribution in [3.8, 4) is 0 Å². The van der Waals surface area contributed by atoms with Gasteiger partial charge in [0.05, 0.1) is 17.8 Å². The van der Waals surface area contributed by atoms with Crippen molar-refractivity contribution in [1.82, 2.24) is 15.6 Å². The number of unbranched alkanes of at least 4 members (excludes halogenated alkanes) is 2. The minimum absolute atomic E-state index is 0. The number of esters is 1. The molecule has 0 aliphatic heterocycles. The number of carbonyl (C=O) groups excluding carboxylic acids is 1. The number of thiazole rings is 1. The fourth-order valence-corrected chi connectivity index (χ4v) is 2.97. The average molecular weight is 468 g/mol. The van der Waals surface area contributed by atoms with Crippen LogP contribution in [0.5, 0.6) is 0 Å². The molecule has 0 saturated carbocycles. The molecule has 0 fully saturated rings. The molecule has 8 heteroatoms. The fourth-order valence-electron chi connectivity index (χ4n) is 2.03. The molecular weight excluding hydrogens is 439 g/mol. The van der Waals surface area contributed by atoms with E-state index in [0.717, 1.165) is 55.4 Å². The zero-order chi connectivity index (χ0) is 17.1. The van der Waals surface area contributed by atoms with Gasteiger partial charge >= 0.3 is 5.97 Å². The molecular formula is C16H29IN4O2S. The van der Waals surface area contributed by atoms with E-state index in [0.29, 0.717) is 6.42 Å². The van der Waals surface area contributed by atoms with E-state index in [-0.39, 0.29) is 29.9 Å². The van der Waals surface area contributed by atoms with Crippen molar-refractivity contribution < 1.29 is 9.53 Å². The van der Waals surface area contributed by atoms with Crippen LogP contribution in [0.15, 0.2) is 4.99 Å². The van der Waals surface area contributed by atoms with Gasteiger partial charge in [-0.25, -0.2) is 4.98 Å². The lowest BCUT2D eigenvalue weighted by Gasteiger charge is -2.11. The van der Waals surface area contributed by atoms with Gasteiger partial charge in [-0.15, -0.1) is 35.3 Å². The molecule has 0 aliphatic carbocycles. The molecule has 1 rings (SSSR count). The second kappa shape index (κ2) is 13.4. The van der Waals surface area contributed by atoms with E-state index in [1.807, 2.05) is 6.92 Å². The van der Waals surface area contributed by atoms with Gasteiger partial charge in [0.2, 0.25) is 0 Å². The first kappa shape index (κ1) is 23.1. The van der Waals surface area contributed by atoms with E-state index in [1.54, 1.807) is 18.4 Å². The summed E-state index contributed by atoms with van der Waals surface area (Å²) in [6.07, 6.45) is 4.26. The quantitative estimate of drug-likeness (QED) is 0.192. The SMILES string of the molecule is CN=C(NCCCCCC(=O)OC)NCCc1nc(C)c(C)s1.I. The smallest absolute Gasteiger partial charge is 0.305 e. The summed E-state index contributed by atoms with van der Waals surface area (Å²) in [6, 6.07) is 0. The highest BCUT2D eigenvalue weighted by Gasteiger charge is 2.04. The Bertz CT molecular complexity index is 501. The summed E-state index contributed by atoms with van der Waals surface area (Å²) >= 11 is 1.76. The molecule has 0 aromatic carbocycles. The molecule has 1 aromatic heterocycles. The average Bonchev–Trinajstić information content (AvgIpc) is 2.86. The van der Waals surface area contributed by atoms with Crippen LogP contribution in [0.4, 0.5) is 0 Å². The largest absolute Gasteiger partial charge is 0.469 e.